The van der Waals surface area contributed by atoms with Gasteiger partial charge in [0.15, 0.2) is 0 Å². The number of rotatable bonds is 5. The standard InChI is InChI=1S/C16H21NO2/c18-15-9-5-4-8-14(15)12-16(19)17-11-10-13-6-2-1-3-7-13/h1-3,6-7,14H,4-5,8-12H2,(H,17,19). The van der Waals surface area contributed by atoms with E-state index in [1.165, 1.54) is 5.56 Å². The van der Waals surface area contributed by atoms with Crippen molar-refractivity contribution < 1.29 is 9.59 Å². The van der Waals surface area contributed by atoms with Gasteiger partial charge in [0.25, 0.3) is 0 Å². The predicted molar refractivity (Wildman–Crippen MR) is 74.7 cm³/mol. The van der Waals surface area contributed by atoms with E-state index in [2.05, 4.69) is 17.4 Å². The summed E-state index contributed by atoms with van der Waals surface area (Å²) in [6.07, 6.45) is 4.81. The Morgan fingerprint density at radius 3 is 2.74 bits per heavy atom. The second-order valence-corrected chi connectivity index (χ2v) is 5.20. The van der Waals surface area contributed by atoms with Crippen molar-refractivity contribution in [2.24, 2.45) is 5.92 Å². The molecule has 1 N–H and O–H groups in total. The van der Waals surface area contributed by atoms with Crippen molar-refractivity contribution in [3.05, 3.63) is 35.9 Å². The summed E-state index contributed by atoms with van der Waals surface area (Å²) in [6.45, 7) is 0.643. The summed E-state index contributed by atoms with van der Waals surface area (Å²) < 4.78 is 0. The van der Waals surface area contributed by atoms with Crippen LogP contribution in [0, 0.1) is 5.92 Å². The van der Waals surface area contributed by atoms with E-state index in [0.29, 0.717) is 19.4 Å². The SMILES string of the molecule is O=C(CC1CCCCC1=O)NCCc1ccccc1. The zero-order valence-electron chi connectivity index (χ0n) is 11.2. The summed E-state index contributed by atoms with van der Waals surface area (Å²) in [4.78, 5) is 23.4. The molecule has 0 aromatic heterocycles. The van der Waals surface area contributed by atoms with Crippen molar-refractivity contribution in [3.8, 4) is 0 Å². The highest BCUT2D eigenvalue weighted by Crippen LogP contribution is 2.23. The second kappa shape index (κ2) is 7.07. The monoisotopic (exact) mass is 259 g/mol. The lowest BCUT2D eigenvalue weighted by atomic mass is 9.85. The van der Waals surface area contributed by atoms with Gasteiger partial charge in [-0.15, -0.1) is 0 Å². The number of benzene rings is 1. The maximum absolute atomic E-state index is 11.8. The fraction of sp³-hybridized carbons (Fsp3) is 0.500. The first-order chi connectivity index (χ1) is 9.25. The highest BCUT2D eigenvalue weighted by molar-refractivity contribution is 5.87. The number of hydrogen-bond acceptors (Lipinski definition) is 2. The largest absolute Gasteiger partial charge is 0.356 e. The first-order valence-electron chi connectivity index (χ1n) is 7.09. The minimum atomic E-state index is -0.0366. The molecule has 0 bridgehead atoms. The van der Waals surface area contributed by atoms with Gasteiger partial charge in [-0.05, 0) is 24.8 Å². The van der Waals surface area contributed by atoms with Crippen LogP contribution in [0.4, 0.5) is 0 Å². The average molecular weight is 259 g/mol. The van der Waals surface area contributed by atoms with Crippen LogP contribution >= 0.6 is 0 Å². The molecule has 102 valence electrons. The molecular weight excluding hydrogens is 238 g/mol. The quantitative estimate of drug-likeness (QED) is 0.883. The zero-order valence-corrected chi connectivity index (χ0v) is 11.2. The number of Topliss-reactive ketones (excluding diaryl/α,β-unsaturated/α-hetero) is 1. The van der Waals surface area contributed by atoms with Gasteiger partial charge in [0.1, 0.15) is 5.78 Å². The van der Waals surface area contributed by atoms with Gasteiger partial charge in [0, 0.05) is 25.3 Å². The van der Waals surface area contributed by atoms with Gasteiger partial charge in [-0.25, -0.2) is 0 Å². The maximum atomic E-state index is 11.8. The Labute approximate surface area is 114 Å². The maximum Gasteiger partial charge on any atom is 0.220 e. The molecule has 1 unspecified atom stereocenters. The Balaban J connectivity index is 1.68. The summed E-state index contributed by atoms with van der Waals surface area (Å²) >= 11 is 0. The van der Waals surface area contributed by atoms with Crippen LogP contribution in [0.1, 0.15) is 37.7 Å². The average Bonchev–Trinajstić information content (AvgIpc) is 2.43. The zero-order chi connectivity index (χ0) is 13.5. The molecule has 0 heterocycles. The molecule has 2 rings (SSSR count). The molecule has 0 saturated heterocycles. The van der Waals surface area contributed by atoms with Crippen LogP contribution in [0.3, 0.4) is 0 Å². The molecule has 1 aromatic carbocycles. The predicted octanol–water partition coefficient (Wildman–Crippen LogP) is 2.49. The lowest BCUT2D eigenvalue weighted by molar-refractivity contribution is -0.130. The van der Waals surface area contributed by atoms with Crippen molar-refractivity contribution in [2.45, 2.75) is 38.5 Å². The summed E-state index contributed by atoms with van der Waals surface area (Å²) in [5, 5.41) is 2.91. The molecule has 1 aromatic rings. The number of carbonyl (C=O) groups is 2. The van der Waals surface area contributed by atoms with Gasteiger partial charge in [0.05, 0.1) is 0 Å². The molecule has 1 atom stereocenters. The van der Waals surface area contributed by atoms with Gasteiger partial charge < -0.3 is 5.32 Å². The van der Waals surface area contributed by atoms with Crippen molar-refractivity contribution >= 4 is 11.7 Å². The summed E-state index contributed by atoms with van der Waals surface area (Å²) in [6, 6.07) is 10.1. The van der Waals surface area contributed by atoms with Gasteiger partial charge in [-0.3, -0.25) is 9.59 Å². The molecule has 19 heavy (non-hydrogen) atoms. The molecule has 1 saturated carbocycles. The fourth-order valence-corrected chi connectivity index (χ4v) is 2.56. The summed E-state index contributed by atoms with van der Waals surface area (Å²) in [5.41, 5.74) is 1.22. The minimum absolute atomic E-state index is 0.0104. The van der Waals surface area contributed by atoms with Crippen LogP contribution in [-0.2, 0) is 16.0 Å². The molecule has 1 fully saturated rings. The fourth-order valence-electron chi connectivity index (χ4n) is 2.56. The van der Waals surface area contributed by atoms with Crippen molar-refractivity contribution in [1.82, 2.24) is 5.32 Å². The third-order valence-corrected chi connectivity index (χ3v) is 3.69. The van der Waals surface area contributed by atoms with Crippen LogP contribution < -0.4 is 5.32 Å². The molecular formula is C16H21NO2. The van der Waals surface area contributed by atoms with Gasteiger partial charge >= 0.3 is 0 Å². The van der Waals surface area contributed by atoms with Crippen molar-refractivity contribution in [3.63, 3.8) is 0 Å². The first kappa shape index (κ1) is 13.8. The smallest absolute Gasteiger partial charge is 0.220 e. The van der Waals surface area contributed by atoms with Gasteiger partial charge in [-0.2, -0.15) is 0 Å². The van der Waals surface area contributed by atoms with Crippen LogP contribution in [0.2, 0.25) is 0 Å². The Hall–Kier alpha value is -1.64. The van der Waals surface area contributed by atoms with E-state index >= 15 is 0 Å². The molecule has 0 spiro atoms. The second-order valence-electron chi connectivity index (χ2n) is 5.20. The number of amides is 1. The van der Waals surface area contributed by atoms with Crippen LogP contribution in [0.5, 0.6) is 0 Å². The van der Waals surface area contributed by atoms with Crippen molar-refractivity contribution in [1.29, 1.82) is 0 Å². The third-order valence-electron chi connectivity index (χ3n) is 3.69. The molecule has 1 amide bonds. The minimum Gasteiger partial charge on any atom is -0.356 e. The highest BCUT2D eigenvalue weighted by Gasteiger charge is 2.24. The Bertz CT molecular complexity index is 428. The van der Waals surface area contributed by atoms with Crippen LogP contribution in [0.25, 0.3) is 0 Å². The molecule has 1 aliphatic rings. The number of ketones is 1. The molecule has 3 nitrogen and oxygen atoms in total. The van der Waals surface area contributed by atoms with Gasteiger partial charge in [0.2, 0.25) is 5.91 Å². The van der Waals surface area contributed by atoms with E-state index in [-0.39, 0.29) is 17.6 Å². The van der Waals surface area contributed by atoms with Gasteiger partial charge in [-0.1, -0.05) is 36.8 Å². The summed E-state index contributed by atoms with van der Waals surface area (Å²) in [7, 11) is 0. The van der Waals surface area contributed by atoms with E-state index in [0.717, 1.165) is 25.7 Å². The summed E-state index contributed by atoms with van der Waals surface area (Å²) in [5.74, 6) is 0.242. The molecule has 1 aliphatic carbocycles. The lowest BCUT2D eigenvalue weighted by Crippen LogP contribution is -2.31. The number of nitrogens with one attached hydrogen (secondary N) is 1. The first-order valence-corrected chi connectivity index (χ1v) is 7.09. The van der Waals surface area contributed by atoms with Crippen LogP contribution in [0.15, 0.2) is 30.3 Å². The third kappa shape index (κ3) is 4.51. The molecule has 3 heteroatoms. The van der Waals surface area contributed by atoms with E-state index in [1.807, 2.05) is 18.2 Å². The lowest BCUT2D eigenvalue weighted by Gasteiger charge is -2.19. The van der Waals surface area contributed by atoms with E-state index < -0.39 is 0 Å². The topological polar surface area (TPSA) is 46.2 Å². The van der Waals surface area contributed by atoms with Crippen LogP contribution in [-0.4, -0.2) is 18.2 Å². The van der Waals surface area contributed by atoms with E-state index in [9.17, 15) is 9.59 Å². The van der Waals surface area contributed by atoms with E-state index in [4.69, 9.17) is 0 Å². The molecule has 0 aliphatic heterocycles. The number of hydrogen-bond donors (Lipinski definition) is 1. The van der Waals surface area contributed by atoms with Crippen molar-refractivity contribution in [2.75, 3.05) is 6.54 Å². The molecule has 0 radical (unpaired) electrons. The highest BCUT2D eigenvalue weighted by atomic mass is 16.2. The van der Waals surface area contributed by atoms with E-state index in [1.54, 1.807) is 0 Å². The Morgan fingerprint density at radius 2 is 2.00 bits per heavy atom. The Kier molecular flexibility index (Phi) is 5.13. The Morgan fingerprint density at radius 1 is 1.21 bits per heavy atom. The normalized spacial score (nSPS) is 19.2. The number of carbonyl (C=O) groups excluding carboxylic acids is 2.